The van der Waals surface area contributed by atoms with Gasteiger partial charge in [0.05, 0.1) is 13.2 Å². The molecule has 2 fully saturated rings. The van der Waals surface area contributed by atoms with Gasteiger partial charge in [0.25, 0.3) is 0 Å². The van der Waals surface area contributed by atoms with Crippen LogP contribution in [0.1, 0.15) is 25.8 Å². The van der Waals surface area contributed by atoms with E-state index >= 15 is 0 Å². The summed E-state index contributed by atoms with van der Waals surface area (Å²) in [6.07, 6.45) is 2.33. The monoisotopic (exact) mass is 365 g/mol. The molecule has 138 valence electrons. The number of nitrogens with one attached hydrogen (secondary N) is 2. The molecule has 1 aliphatic heterocycles. The Labute approximate surface area is 155 Å². The van der Waals surface area contributed by atoms with Crippen molar-refractivity contribution >= 4 is 17.6 Å². The summed E-state index contributed by atoms with van der Waals surface area (Å²) in [5, 5.41) is 7.72. The lowest BCUT2D eigenvalue weighted by Gasteiger charge is -2.54. The lowest BCUT2D eigenvalue weighted by atomic mass is 9.57. The Morgan fingerprint density at radius 3 is 2.92 bits per heavy atom. The maximum absolute atomic E-state index is 6.30. The van der Waals surface area contributed by atoms with Crippen molar-refractivity contribution < 1.29 is 9.47 Å². The number of methoxy groups -OCH3 is 1. The molecule has 1 saturated carbocycles. The van der Waals surface area contributed by atoms with Crippen molar-refractivity contribution in [3.8, 4) is 5.75 Å². The number of ether oxygens (including phenoxy) is 2. The normalized spacial score (nSPS) is 27.4. The first kappa shape index (κ1) is 18.3. The van der Waals surface area contributed by atoms with Crippen LogP contribution in [0.4, 0.5) is 0 Å². The van der Waals surface area contributed by atoms with Gasteiger partial charge in [0, 0.05) is 42.6 Å². The lowest BCUT2D eigenvalue weighted by Crippen LogP contribution is -2.68. The van der Waals surface area contributed by atoms with E-state index in [9.17, 15) is 0 Å². The summed E-state index contributed by atoms with van der Waals surface area (Å²) >= 11 is 6.30. The molecule has 6 heteroatoms. The Hall–Kier alpha value is -1.46. The van der Waals surface area contributed by atoms with Crippen LogP contribution in [0.15, 0.2) is 23.2 Å². The Morgan fingerprint density at radius 2 is 2.24 bits per heavy atom. The molecule has 2 N–H and O–H groups in total. The molecule has 3 atom stereocenters. The summed E-state index contributed by atoms with van der Waals surface area (Å²) in [6, 6.07) is 6.19. The van der Waals surface area contributed by atoms with Crippen LogP contribution in [0, 0.1) is 11.3 Å². The number of fused-ring (bicyclic) bond motifs is 1. The Morgan fingerprint density at radius 1 is 1.44 bits per heavy atom. The van der Waals surface area contributed by atoms with E-state index in [4.69, 9.17) is 21.1 Å². The standard InChI is InChI=1S/C19H28ClN3O2/c1-19(2)16(14-8-10-25-17(14)19)23-18(21-3)22-9-7-12-5-6-13(24-4)11-15(12)20/h5-6,11,14,16-17H,7-10H2,1-4H3,(H2,21,22,23). The van der Waals surface area contributed by atoms with Crippen LogP contribution >= 0.6 is 11.6 Å². The molecule has 1 aromatic rings. The summed E-state index contributed by atoms with van der Waals surface area (Å²) in [4.78, 5) is 4.37. The van der Waals surface area contributed by atoms with Gasteiger partial charge < -0.3 is 20.1 Å². The van der Waals surface area contributed by atoms with Gasteiger partial charge in [-0.15, -0.1) is 0 Å². The predicted octanol–water partition coefficient (Wildman–Crippen LogP) is 2.87. The van der Waals surface area contributed by atoms with Crippen LogP contribution in [-0.2, 0) is 11.2 Å². The molecule has 1 heterocycles. The van der Waals surface area contributed by atoms with Crippen LogP contribution in [0.2, 0.25) is 5.02 Å². The molecule has 5 nitrogen and oxygen atoms in total. The third-order valence-corrected chi connectivity index (χ3v) is 5.92. The highest BCUT2D eigenvalue weighted by Gasteiger charge is 2.59. The number of benzene rings is 1. The van der Waals surface area contributed by atoms with Crippen molar-refractivity contribution in [3.63, 3.8) is 0 Å². The largest absolute Gasteiger partial charge is 0.497 e. The third kappa shape index (κ3) is 3.58. The number of hydrogen-bond donors (Lipinski definition) is 2. The zero-order valence-corrected chi connectivity index (χ0v) is 16.2. The van der Waals surface area contributed by atoms with Gasteiger partial charge in [-0.3, -0.25) is 4.99 Å². The van der Waals surface area contributed by atoms with E-state index < -0.39 is 0 Å². The average molecular weight is 366 g/mol. The topological polar surface area (TPSA) is 54.9 Å². The Kier molecular flexibility index (Phi) is 5.44. The fourth-order valence-corrected chi connectivity index (χ4v) is 4.40. The average Bonchev–Trinajstić information content (AvgIpc) is 3.06. The van der Waals surface area contributed by atoms with E-state index in [-0.39, 0.29) is 5.41 Å². The number of guanidine groups is 1. The van der Waals surface area contributed by atoms with Gasteiger partial charge in [0.2, 0.25) is 0 Å². The minimum absolute atomic E-state index is 0.137. The van der Waals surface area contributed by atoms with Crippen molar-refractivity contribution in [2.45, 2.75) is 38.8 Å². The molecule has 2 aliphatic rings. The molecular formula is C19H28ClN3O2. The van der Waals surface area contributed by atoms with E-state index in [1.807, 2.05) is 25.2 Å². The summed E-state index contributed by atoms with van der Waals surface area (Å²) < 4.78 is 11.0. The van der Waals surface area contributed by atoms with Gasteiger partial charge in [-0.25, -0.2) is 0 Å². The maximum Gasteiger partial charge on any atom is 0.191 e. The highest BCUT2D eigenvalue weighted by molar-refractivity contribution is 6.31. The van der Waals surface area contributed by atoms with Crippen molar-refractivity contribution in [1.29, 1.82) is 0 Å². The van der Waals surface area contributed by atoms with E-state index in [2.05, 4.69) is 29.5 Å². The number of aliphatic imine (C=N–C) groups is 1. The van der Waals surface area contributed by atoms with Gasteiger partial charge in [-0.2, -0.15) is 0 Å². The highest BCUT2D eigenvalue weighted by atomic mass is 35.5. The molecule has 0 spiro atoms. The molecular weight excluding hydrogens is 338 g/mol. The van der Waals surface area contributed by atoms with E-state index in [0.29, 0.717) is 18.1 Å². The van der Waals surface area contributed by atoms with E-state index in [0.717, 1.165) is 48.3 Å². The van der Waals surface area contributed by atoms with Crippen LogP contribution in [0.5, 0.6) is 5.75 Å². The number of rotatable bonds is 5. The second-order valence-electron chi connectivity index (χ2n) is 7.39. The SMILES string of the molecule is CN=C(NCCc1ccc(OC)cc1Cl)NC1C2CCOC2C1(C)C. The molecule has 25 heavy (non-hydrogen) atoms. The number of hydrogen-bond acceptors (Lipinski definition) is 3. The first-order valence-corrected chi connectivity index (χ1v) is 9.26. The Balaban J connectivity index is 1.52. The smallest absolute Gasteiger partial charge is 0.191 e. The molecule has 0 aromatic heterocycles. The van der Waals surface area contributed by atoms with Gasteiger partial charge in [0.1, 0.15) is 5.75 Å². The lowest BCUT2D eigenvalue weighted by molar-refractivity contribution is -0.106. The van der Waals surface area contributed by atoms with Crippen molar-refractivity contribution in [2.24, 2.45) is 16.3 Å². The number of nitrogens with zero attached hydrogens (tertiary/aromatic N) is 1. The second kappa shape index (κ2) is 7.42. The Bertz CT molecular complexity index is 648. The predicted molar refractivity (Wildman–Crippen MR) is 102 cm³/mol. The van der Waals surface area contributed by atoms with Crippen LogP contribution in [-0.4, -0.2) is 45.4 Å². The minimum atomic E-state index is 0.137. The maximum atomic E-state index is 6.30. The van der Waals surface area contributed by atoms with Gasteiger partial charge >= 0.3 is 0 Å². The van der Waals surface area contributed by atoms with Crippen molar-refractivity contribution in [3.05, 3.63) is 28.8 Å². The first-order valence-electron chi connectivity index (χ1n) is 8.88. The van der Waals surface area contributed by atoms with Crippen LogP contribution < -0.4 is 15.4 Å². The fourth-order valence-electron chi connectivity index (χ4n) is 4.13. The molecule has 3 rings (SSSR count). The van der Waals surface area contributed by atoms with Crippen molar-refractivity contribution in [2.75, 3.05) is 27.3 Å². The number of halogens is 1. The third-order valence-electron chi connectivity index (χ3n) is 5.56. The minimum Gasteiger partial charge on any atom is -0.497 e. The molecule has 1 aliphatic carbocycles. The van der Waals surface area contributed by atoms with Gasteiger partial charge in [-0.05, 0) is 30.5 Å². The van der Waals surface area contributed by atoms with Gasteiger partial charge in [-0.1, -0.05) is 31.5 Å². The second-order valence-corrected chi connectivity index (χ2v) is 7.80. The zero-order valence-electron chi connectivity index (χ0n) is 15.4. The molecule has 3 unspecified atom stereocenters. The summed E-state index contributed by atoms with van der Waals surface area (Å²) in [5.74, 6) is 2.21. The quantitative estimate of drug-likeness (QED) is 0.622. The fraction of sp³-hybridized carbons (Fsp3) is 0.632. The first-order chi connectivity index (χ1) is 12.0. The molecule has 1 saturated heterocycles. The summed E-state index contributed by atoms with van der Waals surface area (Å²) in [5.41, 5.74) is 1.23. The van der Waals surface area contributed by atoms with E-state index in [1.54, 1.807) is 7.11 Å². The molecule has 1 aromatic carbocycles. The van der Waals surface area contributed by atoms with Gasteiger partial charge in [0.15, 0.2) is 5.96 Å². The van der Waals surface area contributed by atoms with Crippen molar-refractivity contribution in [1.82, 2.24) is 10.6 Å². The molecule has 0 bridgehead atoms. The molecule has 0 amide bonds. The van der Waals surface area contributed by atoms with Crippen LogP contribution in [0.3, 0.4) is 0 Å². The van der Waals surface area contributed by atoms with E-state index in [1.165, 1.54) is 0 Å². The highest BCUT2D eigenvalue weighted by Crippen LogP contribution is 2.52. The summed E-state index contributed by atoms with van der Waals surface area (Å²) in [7, 11) is 3.45. The zero-order chi connectivity index (χ0) is 18.0. The summed E-state index contributed by atoms with van der Waals surface area (Å²) in [6.45, 7) is 6.17. The van der Waals surface area contributed by atoms with Crippen LogP contribution in [0.25, 0.3) is 0 Å². The molecule has 0 radical (unpaired) electrons.